The lowest BCUT2D eigenvalue weighted by atomic mass is 10.0. The molecule has 2 amide bonds. The molecule has 0 aliphatic carbocycles. The summed E-state index contributed by atoms with van der Waals surface area (Å²) in [5, 5.41) is 2.70. The fourth-order valence-corrected chi connectivity index (χ4v) is 2.70. The Morgan fingerprint density at radius 1 is 1.38 bits per heavy atom. The largest absolute Gasteiger partial charge is 0.343 e. The van der Waals surface area contributed by atoms with Crippen LogP contribution in [-0.4, -0.2) is 28.8 Å². The SMILES string of the molecule is CCCC1C(=O)NC(C)C(=O)N1Cc1ccc(F)c(Cl)c1. The molecule has 2 unspecified atom stereocenters. The van der Waals surface area contributed by atoms with Gasteiger partial charge in [-0.2, -0.15) is 0 Å². The number of rotatable bonds is 4. The first kappa shape index (κ1) is 15.8. The van der Waals surface area contributed by atoms with E-state index in [-0.39, 0.29) is 23.4 Å². The summed E-state index contributed by atoms with van der Waals surface area (Å²) in [6, 6.07) is 3.31. The first-order chi connectivity index (χ1) is 9.93. The van der Waals surface area contributed by atoms with E-state index >= 15 is 0 Å². The number of halogens is 2. The van der Waals surface area contributed by atoms with Crippen LogP contribution in [0.5, 0.6) is 0 Å². The van der Waals surface area contributed by atoms with E-state index in [9.17, 15) is 14.0 Å². The van der Waals surface area contributed by atoms with Crippen LogP contribution < -0.4 is 5.32 Å². The maximum Gasteiger partial charge on any atom is 0.245 e. The maximum absolute atomic E-state index is 13.2. The number of hydrogen-bond acceptors (Lipinski definition) is 2. The molecular weight excluding hydrogens is 295 g/mol. The fraction of sp³-hybridized carbons (Fsp3) is 0.467. The predicted molar refractivity (Wildman–Crippen MR) is 78.3 cm³/mol. The zero-order valence-corrected chi connectivity index (χ0v) is 12.8. The van der Waals surface area contributed by atoms with Crippen LogP contribution in [0.3, 0.4) is 0 Å². The first-order valence-electron chi connectivity index (χ1n) is 6.98. The normalized spacial score (nSPS) is 22.4. The molecule has 1 N–H and O–H groups in total. The van der Waals surface area contributed by atoms with E-state index in [1.165, 1.54) is 12.1 Å². The number of hydrogen-bond donors (Lipinski definition) is 1. The molecule has 1 aliphatic rings. The molecule has 21 heavy (non-hydrogen) atoms. The minimum atomic E-state index is -0.540. The number of carbonyl (C=O) groups is 2. The van der Waals surface area contributed by atoms with Crippen LogP contribution >= 0.6 is 11.6 Å². The molecule has 1 saturated heterocycles. The lowest BCUT2D eigenvalue weighted by Crippen LogP contribution is -2.61. The summed E-state index contributed by atoms with van der Waals surface area (Å²) >= 11 is 5.77. The maximum atomic E-state index is 13.2. The Morgan fingerprint density at radius 3 is 2.71 bits per heavy atom. The highest BCUT2D eigenvalue weighted by atomic mass is 35.5. The molecule has 0 spiro atoms. The van der Waals surface area contributed by atoms with Crippen LogP contribution in [0.25, 0.3) is 0 Å². The molecule has 4 nitrogen and oxygen atoms in total. The number of amides is 2. The van der Waals surface area contributed by atoms with E-state index in [2.05, 4.69) is 5.32 Å². The molecule has 0 radical (unpaired) electrons. The molecule has 1 aromatic carbocycles. The van der Waals surface area contributed by atoms with Crippen LogP contribution in [0.4, 0.5) is 4.39 Å². The van der Waals surface area contributed by atoms with Crippen molar-refractivity contribution in [2.24, 2.45) is 0 Å². The number of nitrogens with zero attached hydrogens (tertiary/aromatic N) is 1. The number of carbonyl (C=O) groups excluding carboxylic acids is 2. The fourth-order valence-electron chi connectivity index (χ4n) is 2.50. The Kier molecular flexibility index (Phi) is 4.83. The van der Waals surface area contributed by atoms with Crippen LogP contribution in [0.2, 0.25) is 5.02 Å². The highest BCUT2D eigenvalue weighted by Gasteiger charge is 2.37. The van der Waals surface area contributed by atoms with Crippen molar-refractivity contribution in [2.75, 3.05) is 0 Å². The van der Waals surface area contributed by atoms with Gasteiger partial charge >= 0.3 is 0 Å². The van der Waals surface area contributed by atoms with Gasteiger partial charge in [0.25, 0.3) is 0 Å². The Labute approximate surface area is 128 Å². The van der Waals surface area contributed by atoms with Gasteiger partial charge in [-0.25, -0.2) is 4.39 Å². The highest BCUT2D eigenvalue weighted by Crippen LogP contribution is 2.21. The topological polar surface area (TPSA) is 49.4 Å². The molecule has 1 heterocycles. The van der Waals surface area contributed by atoms with Gasteiger partial charge in [0, 0.05) is 6.54 Å². The summed E-state index contributed by atoms with van der Waals surface area (Å²) in [6.07, 6.45) is 1.39. The zero-order chi connectivity index (χ0) is 15.6. The molecule has 6 heteroatoms. The van der Waals surface area contributed by atoms with Gasteiger partial charge in [0.05, 0.1) is 5.02 Å². The Morgan fingerprint density at radius 2 is 2.10 bits per heavy atom. The summed E-state index contributed by atoms with van der Waals surface area (Å²) in [7, 11) is 0. The van der Waals surface area contributed by atoms with Crippen LogP contribution in [0, 0.1) is 5.82 Å². The molecule has 2 rings (SSSR count). The van der Waals surface area contributed by atoms with Crippen molar-refractivity contribution in [3.63, 3.8) is 0 Å². The molecule has 0 bridgehead atoms. The number of benzene rings is 1. The average molecular weight is 313 g/mol. The second-order valence-corrected chi connectivity index (χ2v) is 5.66. The van der Waals surface area contributed by atoms with Crippen molar-refractivity contribution in [1.82, 2.24) is 10.2 Å². The van der Waals surface area contributed by atoms with Crippen molar-refractivity contribution in [3.8, 4) is 0 Å². The van der Waals surface area contributed by atoms with Gasteiger partial charge in [-0.15, -0.1) is 0 Å². The number of piperazine rings is 1. The minimum absolute atomic E-state index is 0.0153. The monoisotopic (exact) mass is 312 g/mol. The van der Waals surface area contributed by atoms with Gasteiger partial charge in [-0.1, -0.05) is 31.0 Å². The molecule has 1 fully saturated rings. The van der Waals surface area contributed by atoms with Crippen molar-refractivity contribution in [3.05, 3.63) is 34.6 Å². The van der Waals surface area contributed by atoms with Crippen LogP contribution in [0.15, 0.2) is 18.2 Å². The summed E-state index contributed by atoms with van der Waals surface area (Å²) in [5.41, 5.74) is 0.706. The van der Waals surface area contributed by atoms with E-state index < -0.39 is 17.9 Å². The Balaban J connectivity index is 2.25. The lowest BCUT2D eigenvalue weighted by Gasteiger charge is -2.38. The third-order valence-electron chi connectivity index (χ3n) is 3.59. The second-order valence-electron chi connectivity index (χ2n) is 5.25. The Bertz CT molecular complexity index is 565. The molecule has 2 atom stereocenters. The summed E-state index contributed by atoms with van der Waals surface area (Å²) < 4.78 is 13.2. The van der Waals surface area contributed by atoms with E-state index in [1.807, 2.05) is 6.92 Å². The zero-order valence-electron chi connectivity index (χ0n) is 12.0. The van der Waals surface area contributed by atoms with E-state index in [0.717, 1.165) is 6.42 Å². The molecule has 1 aliphatic heterocycles. The van der Waals surface area contributed by atoms with Crippen LogP contribution in [0.1, 0.15) is 32.3 Å². The van der Waals surface area contributed by atoms with Crippen molar-refractivity contribution in [2.45, 2.75) is 45.3 Å². The molecule has 1 aromatic rings. The van der Waals surface area contributed by atoms with E-state index in [0.29, 0.717) is 12.0 Å². The third-order valence-corrected chi connectivity index (χ3v) is 3.88. The average Bonchev–Trinajstić information content (AvgIpc) is 2.44. The molecule has 114 valence electrons. The summed E-state index contributed by atoms with van der Waals surface area (Å²) in [5.74, 6) is -0.771. The van der Waals surface area contributed by atoms with Gasteiger partial charge in [-0.3, -0.25) is 9.59 Å². The summed E-state index contributed by atoms with van der Waals surface area (Å²) in [4.78, 5) is 25.9. The molecule has 0 aromatic heterocycles. The van der Waals surface area contributed by atoms with Crippen molar-refractivity contribution >= 4 is 23.4 Å². The second kappa shape index (κ2) is 6.43. The highest BCUT2D eigenvalue weighted by molar-refractivity contribution is 6.30. The molecule has 0 saturated carbocycles. The third kappa shape index (κ3) is 3.35. The minimum Gasteiger partial charge on any atom is -0.343 e. The van der Waals surface area contributed by atoms with Gasteiger partial charge in [-0.05, 0) is 31.0 Å². The van der Waals surface area contributed by atoms with Gasteiger partial charge in [0.15, 0.2) is 0 Å². The van der Waals surface area contributed by atoms with Gasteiger partial charge in [0.2, 0.25) is 11.8 Å². The van der Waals surface area contributed by atoms with Crippen molar-refractivity contribution in [1.29, 1.82) is 0 Å². The predicted octanol–water partition coefficient (Wildman–Crippen LogP) is 2.49. The molecular formula is C15H18ClFN2O2. The number of nitrogens with one attached hydrogen (secondary N) is 1. The van der Waals surface area contributed by atoms with Crippen molar-refractivity contribution < 1.29 is 14.0 Å². The van der Waals surface area contributed by atoms with E-state index in [4.69, 9.17) is 11.6 Å². The van der Waals surface area contributed by atoms with Crippen LogP contribution in [-0.2, 0) is 16.1 Å². The Hall–Kier alpha value is -1.62. The smallest absolute Gasteiger partial charge is 0.245 e. The lowest BCUT2D eigenvalue weighted by molar-refractivity contribution is -0.149. The van der Waals surface area contributed by atoms with E-state index in [1.54, 1.807) is 17.9 Å². The first-order valence-corrected chi connectivity index (χ1v) is 7.36. The summed E-state index contributed by atoms with van der Waals surface area (Å²) in [6.45, 7) is 3.87. The van der Waals surface area contributed by atoms with Gasteiger partial charge < -0.3 is 10.2 Å². The standard InChI is InChI=1S/C15H18ClFN2O2/c1-3-4-13-14(20)18-9(2)15(21)19(13)8-10-5-6-12(17)11(16)7-10/h5-7,9,13H,3-4,8H2,1-2H3,(H,18,20). The quantitative estimate of drug-likeness (QED) is 0.928. The van der Waals surface area contributed by atoms with Gasteiger partial charge in [0.1, 0.15) is 17.9 Å².